The smallest absolute Gasteiger partial charge is 0.0827 e. The molecule has 1 N–H and O–H groups in total. The molecule has 4 heteroatoms. The van der Waals surface area contributed by atoms with Crippen molar-refractivity contribution in [2.75, 3.05) is 32.8 Å². The Balaban J connectivity index is 1.79. The summed E-state index contributed by atoms with van der Waals surface area (Å²) in [4.78, 5) is 2.49. The molecule has 106 valence electrons. The largest absolute Gasteiger partial charge is 0.377 e. The minimum Gasteiger partial charge on any atom is -0.377 e. The van der Waals surface area contributed by atoms with Gasteiger partial charge < -0.3 is 14.8 Å². The van der Waals surface area contributed by atoms with Gasteiger partial charge in [0.15, 0.2) is 0 Å². The molecule has 2 aliphatic heterocycles. The number of nitrogens with one attached hydrogen (secondary N) is 1. The van der Waals surface area contributed by atoms with Crippen LogP contribution in [0.1, 0.15) is 34.1 Å². The second-order valence-corrected chi connectivity index (χ2v) is 6.14. The average Bonchev–Trinajstić information content (AvgIpc) is 2.68. The van der Waals surface area contributed by atoms with E-state index in [1.807, 2.05) is 0 Å². The van der Waals surface area contributed by atoms with Gasteiger partial charge in [-0.15, -0.1) is 0 Å². The van der Waals surface area contributed by atoms with Crippen LogP contribution in [-0.4, -0.2) is 61.5 Å². The lowest BCUT2D eigenvalue weighted by molar-refractivity contribution is -0.0414. The highest BCUT2D eigenvalue weighted by atomic mass is 16.5. The van der Waals surface area contributed by atoms with E-state index in [-0.39, 0.29) is 5.54 Å². The van der Waals surface area contributed by atoms with Crippen molar-refractivity contribution >= 4 is 0 Å². The summed E-state index contributed by atoms with van der Waals surface area (Å²) in [5.74, 6) is 0. The molecule has 3 unspecified atom stereocenters. The number of ether oxygens (including phenoxy) is 2. The molecule has 0 amide bonds. The van der Waals surface area contributed by atoms with Crippen LogP contribution >= 0.6 is 0 Å². The standard InChI is InChI=1S/C14H28N2O2/c1-11(2)16-6-8-18-13(10-16)9-15-14(4)5-7-17-12(14)3/h11-13,15H,5-10H2,1-4H3. The first-order valence-corrected chi connectivity index (χ1v) is 7.23. The van der Waals surface area contributed by atoms with Gasteiger partial charge in [0.05, 0.1) is 18.8 Å². The van der Waals surface area contributed by atoms with E-state index in [0.29, 0.717) is 18.2 Å². The topological polar surface area (TPSA) is 33.7 Å². The molecule has 2 fully saturated rings. The van der Waals surface area contributed by atoms with E-state index in [1.165, 1.54) is 0 Å². The number of hydrogen-bond donors (Lipinski definition) is 1. The van der Waals surface area contributed by atoms with Gasteiger partial charge in [0.1, 0.15) is 0 Å². The van der Waals surface area contributed by atoms with E-state index in [0.717, 1.165) is 39.3 Å². The van der Waals surface area contributed by atoms with Crippen LogP contribution in [0.2, 0.25) is 0 Å². The maximum absolute atomic E-state index is 5.85. The minimum atomic E-state index is 0.115. The molecule has 0 spiro atoms. The SMILES string of the molecule is CC(C)N1CCOC(CNC2(C)CCOC2C)C1. The van der Waals surface area contributed by atoms with Crippen LogP contribution in [0.3, 0.4) is 0 Å². The molecule has 0 bridgehead atoms. The molecular weight excluding hydrogens is 228 g/mol. The monoisotopic (exact) mass is 256 g/mol. The maximum Gasteiger partial charge on any atom is 0.0827 e. The van der Waals surface area contributed by atoms with Gasteiger partial charge in [-0.25, -0.2) is 0 Å². The third-order valence-electron chi connectivity index (χ3n) is 4.52. The molecule has 0 aromatic heterocycles. The fraction of sp³-hybridized carbons (Fsp3) is 1.00. The Morgan fingerprint density at radius 1 is 1.33 bits per heavy atom. The zero-order valence-corrected chi connectivity index (χ0v) is 12.2. The van der Waals surface area contributed by atoms with Gasteiger partial charge in [0, 0.05) is 37.8 Å². The summed E-state index contributed by atoms with van der Waals surface area (Å²) >= 11 is 0. The zero-order chi connectivity index (χ0) is 13.2. The first-order valence-electron chi connectivity index (χ1n) is 7.23. The number of nitrogens with zero attached hydrogens (tertiary/aromatic N) is 1. The highest BCUT2D eigenvalue weighted by molar-refractivity contribution is 4.94. The third-order valence-corrected chi connectivity index (χ3v) is 4.52. The van der Waals surface area contributed by atoms with Crippen LogP contribution in [0.15, 0.2) is 0 Å². The molecular formula is C14H28N2O2. The van der Waals surface area contributed by atoms with E-state index >= 15 is 0 Å². The first kappa shape index (κ1) is 14.3. The summed E-state index contributed by atoms with van der Waals surface area (Å²) in [5.41, 5.74) is 0.115. The van der Waals surface area contributed by atoms with Crippen molar-refractivity contribution < 1.29 is 9.47 Å². The molecule has 0 aliphatic carbocycles. The molecule has 18 heavy (non-hydrogen) atoms. The Morgan fingerprint density at radius 3 is 2.72 bits per heavy atom. The van der Waals surface area contributed by atoms with Gasteiger partial charge >= 0.3 is 0 Å². The summed E-state index contributed by atoms with van der Waals surface area (Å²) < 4.78 is 11.5. The molecule has 2 aliphatic rings. The van der Waals surface area contributed by atoms with Crippen LogP contribution < -0.4 is 5.32 Å². The lowest BCUT2D eigenvalue weighted by atomic mass is 9.94. The Kier molecular flexibility index (Phi) is 4.64. The van der Waals surface area contributed by atoms with Crippen molar-refractivity contribution in [3.05, 3.63) is 0 Å². The highest BCUT2D eigenvalue weighted by Crippen LogP contribution is 2.25. The molecule has 0 saturated carbocycles. The van der Waals surface area contributed by atoms with E-state index in [9.17, 15) is 0 Å². The van der Waals surface area contributed by atoms with Crippen LogP contribution in [0.25, 0.3) is 0 Å². The van der Waals surface area contributed by atoms with E-state index < -0.39 is 0 Å². The lowest BCUT2D eigenvalue weighted by Crippen LogP contribution is -2.54. The Labute approximate surface area is 111 Å². The van der Waals surface area contributed by atoms with Crippen LogP contribution in [0, 0.1) is 0 Å². The van der Waals surface area contributed by atoms with Gasteiger partial charge in [-0.1, -0.05) is 0 Å². The normalized spacial score (nSPS) is 38.5. The first-order chi connectivity index (χ1) is 8.51. The van der Waals surface area contributed by atoms with Gasteiger partial charge in [0.25, 0.3) is 0 Å². The van der Waals surface area contributed by atoms with Crippen LogP contribution in [0.5, 0.6) is 0 Å². The molecule has 0 radical (unpaired) electrons. The lowest BCUT2D eigenvalue weighted by Gasteiger charge is -2.37. The maximum atomic E-state index is 5.85. The highest BCUT2D eigenvalue weighted by Gasteiger charge is 2.37. The van der Waals surface area contributed by atoms with Crippen LogP contribution in [0.4, 0.5) is 0 Å². The fourth-order valence-corrected chi connectivity index (χ4v) is 2.75. The molecule has 2 heterocycles. The predicted octanol–water partition coefficient (Wildman–Crippen LogP) is 1.25. The molecule has 2 saturated heterocycles. The van der Waals surface area contributed by atoms with E-state index in [4.69, 9.17) is 9.47 Å². The molecule has 2 rings (SSSR count). The number of hydrogen-bond acceptors (Lipinski definition) is 4. The predicted molar refractivity (Wildman–Crippen MR) is 72.9 cm³/mol. The van der Waals surface area contributed by atoms with Gasteiger partial charge in [-0.2, -0.15) is 0 Å². The zero-order valence-electron chi connectivity index (χ0n) is 12.2. The molecule has 3 atom stereocenters. The van der Waals surface area contributed by atoms with E-state index in [1.54, 1.807) is 0 Å². The summed E-state index contributed by atoms with van der Waals surface area (Å²) in [6, 6.07) is 0.612. The Bertz CT molecular complexity index is 273. The second-order valence-electron chi connectivity index (χ2n) is 6.14. The summed E-state index contributed by atoms with van der Waals surface area (Å²) in [5, 5.41) is 3.66. The summed E-state index contributed by atoms with van der Waals surface area (Å²) in [6.07, 6.45) is 1.70. The number of morpholine rings is 1. The molecule has 4 nitrogen and oxygen atoms in total. The Morgan fingerprint density at radius 2 is 2.11 bits per heavy atom. The average molecular weight is 256 g/mol. The second kappa shape index (κ2) is 5.87. The third kappa shape index (κ3) is 3.23. The quantitative estimate of drug-likeness (QED) is 0.821. The fourth-order valence-electron chi connectivity index (χ4n) is 2.75. The van der Waals surface area contributed by atoms with Crippen LogP contribution in [-0.2, 0) is 9.47 Å². The van der Waals surface area contributed by atoms with Crippen molar-refractivity contribution in [1.29, 1.82) is 0 Å². The van der Waals surface area contributed by atoms with Crippen molar-refractivity contribution in [1.82, 2.24) is 10.2 Å². The Hall–Kier alpha value is -0.160. The van der Waals surface area contributed by atoms with Crippen molar-refractivity contribution in [2.45, 2.75) is 57.9 Å². The van der Waals surface area contributed by atoms with Crippen molar-refractivity contribution in [3.8, 4) is 0 Å². The van der Waals surface area contributed by atoms with Gasteiger partial charge in [-0.3, -0.25) is 4.90 Å². The number of rotatable bonds is 4. The van der Waals surface area contributed by atoms with Gasteiger partial charge in [0.2, 0.25) is 0 Å². The van der Waals surface area contributed by atoms with Crippen molar-refractivity contribution in [3.63, 3.8) is 0 Å². The summed E-state index contributed by atoms with van der Waals surface area (Å²) in [7, 11) is 0. The minimum absolute atomic E-state index is 0.115. The summed E-state index contributed by atoms with van der Waals surface area (Å²) in [6.45, 7) is 13.7. The van der Waals surface area contributed by atoms with E-state index in [2.05, 4.69) is 37.9 Å². The molecule has 0 aromatic carbocycles. The van der Waals surface area contributed by atoms with Gasteiger partial charge in [-0.05, 0) is 34.1 Å². The molecule has 0 aromatic rings. The van der Waals surface area contributed by atoms with Crippen molar-refractivity contribution in [2.24, 2.45) is 0 Å².